The van der Waals surface area contributed by atoms with Crippen LogP contribution in [0.5, 0.6) is 5.75 Å². The van der Waals surface area contributed by atoms with Crippen molar-refractivity contribution in [3.05, 3.63) is 59.4 Å². The van der Waals surface area contributed by atoms with E-state index in [2.05, 4.69) is 11.4 Å². The van der Waals surface area contributed by atoms with Crippen LogP contribution in [0.4, 0.5) is 10.1 Å². The summed E-state index contributed by atoms with van der Waals surface area (Å²) in [4.78, 5) is 0. The van der Waals surface area contributed by atoms with Crippen LogP contribution in [0.25, 0.3) is 0 Å². The highest BCUT2D eigenvalue weighted by Gasteiger charge is 2.14. The highest BCUT2D eigenvalue weighted by molar-refractivity contribution is 5.61. The van der Waals surface area contributed by atoms with Crippen LogP contribution in [0.3, 0.4) is 0 Å². The molecule has 1 heterocycles. The van der Waals surface area contributed by atoms with Gasteiger partial charge in [0.2, 0.25) is 0 Å². The number of fused-ring (bicyclic) bond motifs is 1. The van der Waals surface area contributed by atoms with E-state index in [1.807, 2.05) is 18.2 Å². The first-order chi connectivity index (χ1) is 8.83. The van der Waals surface area contributed by atoms with Crippen molar-refractivity contribution < 1.29 is 9.13 Å². The second-order valence-corrected chi connectivity index (χ2v) is 4.38. The average Bonchev–Trinajstić information content (AvgIpc) is 2.85. The van der Waals surface area contributed by atoms with E-state index < -0.39 is 0 Å². The quantitative estimate of drug-likeness (QED) is 0.892. The Morgan fingerprint density at radius 3 is 2.94 bits per heavy atom. The normalized spacial score (nSPS) is 12.9. The van der Waals surface area contributed by atoms with E-state index in [4.69, 9.17) is 4.74 Å². The van der Waals surface area contributed by atoms with Gasteiger partial charge >= 0.3 is 0 Å². The van der Waals surface area contributed by atoms with E-state index in [0.717, 1.165) is 30.0 Å². The lowest BCUT2D eigenvalue weighted by Crippen LogP contribution is -1.98. The van der Waals surface area contributed by atoms with Gasteiger partial charge in [-0.1, -0.05) is 18.2 Å². The Labute approximate surface area is 105 Å². The zero-order valence-electron chi connectivity index (χ0n) is 9.95. The molecule has 1 aliphatic heterocycles. The molecule has 2 aromatic carbocycles. The van der Waals surface area contributed by atoms with Crippen molar-refractivity contribution in [2.75, 3.05) is 11.9 Å². The summed E-state index contributed by atoms with van der Waals surface area (Å²) >= 11 is 0. The SMILES string of the molecule is Fc1cccc(COc2cccc3c2CCN3)c1. The van der Waals surface area contributed by atoms with Gasteiger partial charge in [0.25, 0.3) is 0 Å². The summed E-state index contributed by atoms with van der Waals surface area (Å²) in [6, 6.07) is 12.5. The number of benzene rings is 2. The first kappa shape index (κ1) is 11.1. The highest BCUT2D eigenvalue weighted by atomic mass is 19.1. The summed E-state index contributed by atoms with van der Waals surface area (Å²) < 4.78 is 18.8. The molecule has 3 heteroatoms. The summed E-state index contributed by atoms with van der Waals surface area (Å²) in [5, 5.41) is 3.31. The molecule has 0 aromatic heterocycles. The zero-order chi connectivity index (χ0) is 12.4. The van der Waals surface area contributed by atoms with E-state index in [1.165, 1.54) is 17.7 Å². The Balaban J connectivity index is 1.76. The lowest BCUT2D eigenvalue weighted by molar-refractivity contribution is 0.303. The van der Waals surface area contributed by atoms with Crippen LogP contribution in [0, 0.1) is 5.82 Å². The summed E-state index contributed by atoms with van der Waals surface area (Å²) in [5.74, 6) is 0.665. The number of nitrogens with one attached hydrogen (secondary N) is 1. The van der Waals surface area contributed by atoms with E-state index >= 15 is 0 Å². The van der Waals surface area contributed by atoms with E-state index in [9.17, 15) is 4.39 Å². The van der Waals surface area contributed by atoms with Gasteiger partial charge < -0.3 is 10.1 Å². The number of ether oxygens (including phenoxy) is 1. The molecule has 0 bridgehead atoms. The van der Waals surface area contributed by atoms with Gasteiger partial charge in [-0.05, 0) is 36.2 Å². The van der Waals surface area contributed by atoms with Crippen molar-refractivity contribution in [3.8, 4) is 5.75 Å². The number of anilines is 1. The molecular weight excluding hydrogens is 229 g/mol. The summed E-state index contributed by atoms with van der Waals surface area (Å²) in [6.07, 6.45) is 0.981. The molecule has 1 aliphatic rings. The molecule has 0 aliphatic carbocycles. The Morgan fingerprint density at radius 2 is 2.06 bits per heavy atom. The molecule has 0 atom stereocenters. The fourth-order valence-corrected chi connectivity index (χ4v) is 2.23. The van der Waals surface area contributed by atoms with Crippen LogP contribution in [-0.2, 0) is 13.0 Å². The third kappa shape index (κ3) is 2.16. The lowest BCUT2D eigenvalue weighted by Gasteiger charge is -2.10. The Bertz CT molecular complexity index is 568. The van der Waals surface area contributed by atoms with E-state index in [1.54, 1.807) is 6.07 Å². The van der Waals surface area contributed by atoms with Crippen LogP contribution in [0.15, 0.2) is 42.5 Å². The van der Waals surface area contributed by atoms with Gasteiger partial charge in [0.1, 0.15) is 18.2 Å². The molecule has 0 saturated heterocycles. The predicted octanol–water partition coefficient (Wildman–Crippen LogP) is 3.37. The first-order valence-corrected chi connectivity index (χ1v) is 6.06. The van der Waals surface area contributed by atoms with Crippen LogP contribution in [-0.4, -0.2) is 6.54 Å². The summed E-state index contributed by atoms with van der Waals surface area (Å²) in [5.41, 5.74) is 3.21. The predicted molar refractivity (Wildman–Crippen MR) is 69.4 cm³/mol. The van der Waals surface area contributed by atoms with Crippen molar-refractivity contribution >= 4 is 5.69 Å². The lowest BCUT2D eigenvalue weighted by atomic mass is 10.1. The standard InChI is InChI=1S/C15H14FNO/c16-12-4-1-3-11(9-12)10-18-15-6-2-5-14-13(15)7-8-17-14/h1-6,9,17H,7-8,10H2. The van der Waals surface area contributed by atoms with E-state index in [0.29, 0.717) is 6.61 Å². The number of hydrogen-bond donors (Lipinski definition) is 1. The van der Waals surface area contributed by atoms with Crippen LogP contribution < -0.4 is 10.1 Å². The first-order valence-electron chi connectivity index (χ1n) is 6.06. The topological polar surface area (TPSA) is 21.3 Å². The van der Waals surface area contributed by atoms with Gasteiger partial charge in [-0.2, -0.15) is 0 Å². The maximum absolute atomic E-state index is 13.0. The van der Waals surface area contributed by atoms with Crippen molar-refractivity contribution in [1.82, 2.24) is 0 Å². The summed E-state index contributed by atoms with van der Waals surface area (Å²) in [7, 11) is 0. The molecule has 0 radical (unpaired) electrons. The van der Waals surface area contributed by atoms with Crippen molar-refractivity contribution in [2.24, 2.45) is 0 Å². The minimum atomic E-state index is -0.226. The highest BCUT2D eigenvalue weighted by Crippen LogP contribution is 2.31. The molecule has 0 fully saturated rings. The van der Waals surface area contributed by atoms with Crippen molar-refractivity contribution in [2.45, 2.75) is 13.0 Å². The monoisotopic (exact) mass is 243 g/mol. The molecule has 2 aromatic rings. The van der Waals surface area contributed by atoms with Crippen LogP contribution in [0.2, 0.25) is 0 Å². The van der Waals surface area contributed by atoms with Gasteiger partial charge in [-0.15, -0.1) is 0 Å². The fraction of sp³-hybridized carbons (Fsp3) is 0.200. The molecule has 1 N–H and O–H groups in total. The van der Waals surface area contributed by atoms with Crippen molar-refractivity contribution in [1.29, 1.82) is 0 Å². The van der Waals surface area contributed by atoms with Gasteiger partial charge in [-0.25, -0.2) is 4.39 Å². The molecule has 0 spiro atoms. The molecule has 92 valence electrons. The molecular formula is C15H14FNO. The van der Waals surface area contributed by atoms with Gasteiger partial charge in [0.15, 0.2) is 0 Å². The Kier molecular flexibility index (Phi) is 2.89. The number of hydrogen-bond acceptors (Lipinski definition) is 2. The zero-order valence-corrected chi connectivity index (χ0v) is 9.95. The van der Waals surface area contributed by atoms with Crippen molar-refractivity contribution in [3.63, 3.8) is 0 Å². The Morgan fingerprint density at radius 1 is 1.17 bits per heavy atom. The van der Waals surface area contributed by atoms with E-state index in [-0.39, 0.29) is 5.82 Å². The molecule has 0 amide bonds. The summed E-state index contributed by atoms with van der Waals surface area (Å²) in [6.45, 7) is 1.35. The smallest absolute Gasteiger partial charge is 0.125 e. The Hall–Kier alpha value is -2.03. The second kappa shape index (κ2) is 4.69. The van der Waals surface area contributed by atoms with Gasteiger partial charge in [0.05, 0.1) is 0 Å². The third-order valence-corrected chi connectivity index (χ3v) is 3.11. The second-order valence-electron chi connectivity index (χ2n) is 4.38. The third-order valence-electron chi connectivity index (χ3n) is 3.11. The fourth-order valence-electron chi connectivity index (χ4n) is 2.23. The van der Waals surface area contributed by atoms with Crippen LogP contribution >= 0.6 is 0 Å². The van der Waals surface area contributed by atoms with Crippen LogP contribution in [0.1, 0.15) is 11.1 Å². The largest absolute Gasteiger partial charge is 0.489 e. The van der Waals surface area contributed by atoms with Gasteiger partial charge in [0, 0.05) is 17.8 Å². The molecule has 18 heavy (non-hydrogen) atoms. The molecule has 3 rings (SSSR count). The molecule has 2 nitrogen and oxygen atoms in total. The maximum atomic E-state index is 13.0. The minimum absolute atomic E-state index is 0.226. The molecule has 0 unspecified atom stereocenters. The molecule has 0 saturated carbocycles. The number of halogens is 1. The number of rotatable bonds is 3. The maximum Gasteiger partial charge on any atom is 0.125 e. The minimum Gasteiger partial charge on any atom is -0.489 e. The van der Waals surface area contributed by atoms with Gasteiger partial charge in [-0.3, -0.25) is 0 Å². The average molecular weight is 243 g/mol.